The number of aliphatic hydroxyl groups is 1. The summed E-state index contributed by atoms with van der Waals surface area (Å²) in [5.41, 5.74) is 0. The van der Waals surface area contributed by atoms with Crippen LogP contribution in [-0.4, -0.2) is 23.9 Å². The van der Waals surface area contributed by atoms with Crippen LogP contribution in [-0.2, 0) is 4.74 Å². The summed E-state index contributed by atoms with van der Waals surface area (Å²) < 4.78 is 5.71. The van der Waals surface area contributed by atoms with E-state index in [0.717, 1.165) is 12.8 Å². The molecule has 120 valence electrons. The van der Waals surface area contributed by atoms with E-state index in [1.165, 1.54) is 77.0 Å². The van der Waals surface area contributed by atoms with E-state index in [9.17, 15) is 0 Å². The third-order valence-corrected chi connectivity index (χ3v) is 4.43. The molecule has 0 bridgehead atoms. The minimum atomic E-state index is 0.341. The molecule has 1 aliphatic rings. The smallest absolute Gasteiger partial charge is 0.0841 e. The van der Waals surface area contributed by atoms with E-state index in [-0.39, 0.29) is 0 Å². The summed E-state index contributed by atoms with van der Waals surface area (Å²) in [6, 6.07) is 0. The van der Waals surface area contributed by atoms with Crippen molar-refractivity contribution in [1.82, 2.24) is 0 Å². The van der Waals surface area contributed by atoms with Crippen molar-refractivity contribution in [3.05, 3.63) is 0 Å². The summed E-state index contributed by atoms with van der Waals surface area (Å²) in [5.74, 6) is 0. The highest BCUT2D eigenvalue weighted by Crippen LogP contribution is 2.31. The third-order valence-electron chi connectivity index (χ3n) is 4.43. The summed E-state index contributed by atoms with van der Waals surface area (Å²) in [7, 11) is 0. The second kappa shape index (κ2) is 12.6. The molecule has 0 unspecified atom stereocenters. The van der Waals surface area contributed by atoms with Crippen LogP contribution in [0, 0.1) is 0 Å². The number of hydrogen-bond acceptors (Lipinski definition) is 2. The van der Waals surface area contributed by atoms with Crippen molar-refractivity contribution in [2.24, 2.45) is 0 Å². The number of unbranched alkanes of at least 4 members (excludes halogenated alkanes) is 10. The van der Waals surface area contributed by atoms with E-state index in [1.54, 1.807) is 0 Å². The third kappa shape index (κ3) is 9.77. The van der Waals surface area contributed by atoms with E-state index < -0.39 is 0 Å². The number of hydrogen-bond donors (Lipinski definition) is 1. The molecule has 1 N–H and O–H groups in total. The Labute approximate surface area is 126 Å². The van der Waals surface area contributed by atoms with Gasteiger partial charge in [-0.3, -0.25) is 0 Å². The van der Waals surface area contributed by atoms with Crippen LogP contribution in [0.3, 0.4) is 0 Å². The van der Waals surface area contributed by atoms with Gasteiger partial charge in [0.05, 0.1) is 12.2 Å². The van der Waals surface area contributed by atoms with Gasteiger partial charge in [-0.1, -0.05) is 77.6 Å². The molecule has 1 heterocycles. The molecule has 0 saturated carbocycles. The van der Waals surface area contributed by atoms with Gasteiger partial charge in [0.15, 0.2) is 0 Å². The molecule has 0 aromatic carbocycles. The summed E-state index contributed by atoms with van der Waals surface area (Å²) in [6.45, 7) is 2.62. The van der Waals surface area contributed by atoms with Crippen LogP contribution >= 0.6 is 0 Å². The molecule has 1 fully saturated rings. The molecular weight excluding hydrogens is 248 g/mol. The normalized spacial score (nSPS) is 21.3. The van der Waals surface area contributed by atoms with Gasteiger partial charge in [0, 0.05) is 6.61 Å². The highest BCUT2D eigenvalue weighted by atomic mass is 16.6. The predicted octanol–water partition coefficient (Wildman–Crippen LogP) is 5.23. The number of ether oxygens (including phenoxy) is 1. The van der Waals surface area contributed by atoms with Crippen molar-refractivity contribution in [2.75, 3.05) is 6.61 Å². The Morgan fingerprint density at radius 3 is 1.60 bits per heavy atom. The first-order chi connectivity index (χ1) is 9.88. The quantitative estimate of drug-likeness (QED) is 0.330. The monoisotopic (exact) mass is 284 g/mol. The molecule has 1 saturated heterocycles. The van der Waals surface area contributed by atoms with Crippen molar-refractivity contribution in [2.45, 2.75) is 109 Å². The van der Waals surface area contributed by atoms with Crippen LogP contribution in [0.15, 0.2) is 0 Å². The maximum absolute atomic E-state index is 8.72. The Hall–Kier alpha value is -0.0800. The van der Waals surface area contributed by atoms with E-state index in [0.29, 0.717) is 18.8 Å². The van der Waals surface area contributed by atoms with Gasteiger partial charge in [0.1, 0.15) is 0 Å². The molecule has 0 aromatic rings. The average Bonchev–Trinajstić information content (AvgIpc) is 3.20. The van der Waals surface area contributed by atoms with Crippen molar-refractivity contribution in [3.63, 3.8) is 0 Å². The maximum atomic E-state index is 8.72. The van der Waals surface area contributed by atoms with Crippen molar-refractivity contribution >= 4 is 0 Å². The first kappa shape index (κ1) is 18.0. The standard InChI is InChI=1S/C18H36O2/c1-2-3-4-5-6-7-8-9-11-14-17-18(20-17)15-12-10-13-16-19/h17-19H,2-16H2,1H3/t17-,18+/m0/s1. The van der Waals surface area contributed by atoms with Crippen molar-refractivity contribution < 1.29 is 9.84 Å². The molecule has 2 atom stereocenters. The number of aliphatic hydroxyl groups excluding tert-OH is 1. The molecule has 1 aliphatic heterocycles. The van der Waals surface area contributed by atoms with Crippen molar-refractivity contribution in [1.29, 1.82) is 0 Å². The summed E-state index contributed by atoms with van der Waals surface area (Å²) in [6.07, 6.45) is 19.6. The zero-order valence-electron chi connectivity index (χ0n) is 13.6. The molecule has 0 aliphatic carbocycles. The van der Waals surface area contributed by atoms with E-state index >= 15 is 0 Å². The molecular formula is C18H36O2. The number of epoxide rings is 1. The Morgan fingerprint density at radius 2 is 1.10 bits per heavy atom. The Kier molecular flexibility index (Phi) is 11.4. The lowest BCUT2D eigenvalue weighted by atomic mass is 10.0. The van der Waals surface area contributed by atoms with Gasteiger partial charge in [-0.25, -0.2) is 0 Å². The van der Waals surface area contributed by atoms with Gasteiger partial charge in [-0.05, 0) is 19.3 Å². The molecule has 1 rings (SSSR count). The van der Waals surface area contributed by atoms with E-state index in [4.69, 9.17) is 9.84 Å². The summed E-state index contributed by atoms with van der Waals surface area (Å²) in [5, 5.41) is 8.72. The molecule has 0 aromatic heterocycles. The first-order valence-corrected chi connectivity index (χ1v) is 9.14. The Morgan fingerprint density at radius 1 is 0.650 bits per heavy atom. The zero-order chi connectivity index (χ0) is 14.5. The number of rotatable bonds is 15. The second-order valence-corrected chi connectivity index (χ2v) is 6.40. The molecule has 0 radical (unpaired) electrons. The lowest BCUT2D eigenvalue weighted by Crippen LogP contribution is -1.95. The minimum absolute atomic E-state index is 0.341. The van der Waals surface area contributed by atoms with Crippen LogP contribution < -0.4 is 0 Å². The maximum Gasteiger partial charge on any atom is 0.0841 e. The van der Waals surface area contributed by atoms with Crippen LogP contribution in [0.25, 0.3) is 0 Å². The summed E-state index contributed by atoms with van der Waals surface area (Å²) >= 11 is 0. The van der Waals surface area contributed by atoms with Gasteiger partial charge >= 0.3 is 0 Å². The fourth-order valence-corrected chi connectivity index (χ4v) is 2.98. The van der Waals surface area contributed by atoms with E-state index in [2.05, 4.69) is 6.92 Å². The van der Waals surface area contributed by atoms with Gasteiger partial charge in [-0.15, -0.1) is 0 Å². The first-order valence-electron chi connectivity index (χ1n) is 9.14. The van der Waals surface area contributed by atoms with E-state index in [1.807, 2.05) is 0 Å². The van der Waals surface area contributed by atoms with Crippen LogP contribution in [0.4, 0.5) is 0 Å². The molecule has 0 spiro atoms. The lowest BCUT2D eigenvalue weighted by Gasteiger charge is -2.01. The Bertz CT molecular complexity index is 206. The van der Waals surface area contributed by atoms with Gasteiger partial charge in [-0.2, -0.15) is 0 Å². The van der Waals surface area contributed by atoms with Crippen LogP contribution in [0.2, 0.25) is 0 Å². The van der Waals surface area contributed by atoms with Crippen LogP contribution in [0.1, 0.15) is 96.8 Å². The highest BCUT2D eigenvalue weighted by Gasteiger charge is 2.36. The van der Waals surface area contributed by atoms with Crippen LogP contribution in [0.5, 0.6) is 0 Å². The average molecular weight is 284 g/mol. The zero-order valence-corrected chi connectivity index (χ0v) is 13.6. The van der Waals surface area contributed by atoms with Gasteiger partial charge < -0.3 is 9.84 Å². The fraction of sp³-hybridized carbons (Fsp3) is 1.00. The SMILES string of the molecule is CCCCCCCCCCC[C@@H]1O[C@@H]1CCCCCO. The largest absolute Gasteiger partial charge is 0.396 e. The lowest BCUT2D eigenvalue weighted by molar-refractivity contribution is 0.280. The fourth-order valence-electron chi connectivity index (χ4n) is 2.98. The van der Waals surface area contributed by atoms with Crippen molar-refractivity contribution in [3.8, 4) is 0 Å². The molecule has 0 amide bonds. The minimum Gasteiger partial charge on any atom is -0.396 e. The molecule has 20 heavy (non-hydrogen) atoms. The topological polar surface area (TPSA) is 32.8 Å². The second-order valence-electron chi connectivity index (χ2n) is 6.40. The predicted molar refractivity (Wildman–Crippen MR) is 86.1 cm³/mol. The van der Waals surface area contributed by atoms with Gasteiger partial charge in [0.25, 0.3) is 0 Å². The Balaban J connectivity index is 1.73. The molecule has 2 nitrogen and oxygen atoms in total. The van der Waals surface area contributed by atoms with Gasteiger partial charge in [0.2, 0.25) is 0 Å². The summed E-state index contributed by atoms with van der Waals surface area (Å²) in [4.78, 5) is 0. The highest BCUT2D eigenvalue weighted by molar-refractivity contribution is 4.84. The molecule has 2 heteroatoms.